The lowest BCUT2D eigenvalue weighted by Gasteiger charge is -2.19. The number of carbonyl (C=O) groups is 4. The first kappa shape index (κ1) is 21.3. The van der Waals surface area contributed by atoms with Gasteiger partial charge in [0, 0.05) is 17.8 Å². The van der Waals surface area contributed by atoms with Gasteiger partial charge in [-0.2, -0.15) is 0 Å². The van der Waals surface area contributed by atoms with Crippen LogP contribution in [0.25, 0.3) is 0 Å². The maximum absolute atomic E-state index is 12.1. The number of carboxylic acid groups (broad SMARTS) is 1. The third-order valence-electron chi connectivity index (χ3n) is 3.25. The molecule has 0 spiro atoms. The van der Waals surface area contributed by atoms with Crippen molar-refractivity contribution in [1.82, 2.24) is 10.6 Å². The lowest BCUT2D eigenvalue weighted by molar-refractivity contribution is -0.384. The maximum atomic E-state index is 12.1. The number of amides is 3. The molecule has 12 nitrogen and oxygen atoms in total. The first-order chi connectivity index (χ1) is 12.6. The molecule has 1 aromatic rings. The molecule has 0 aliphatic rings. The number of nitrogens with zero attached hydrogens (tertiary/aromatic N) is 1. The summed E-state index contributed by atoms with van der Waals surface area (Å²) >= 11 is 0. The Bertz CT molecular complexity index is 734. The van der Waals surface area contributed by atoms with Gasteiger partial charge in [-0.3, -0.25) is 19.7 Å². The van der Waals surface area contributed by atoms with E-state index in [9.17, 15) is 29.3 Å². The monoisotopic (exact) mass is 382 g/mol. The number of hydrogen-bond acceptors (Lipinski definition) is 7. The van der Waals surface area contributed by atoms with Crippen LogP contribution in [0, 0.1) is 10.1 Å². The molecule has 0 bridgehead atoms. The van der Waals surface area contributed by atoms with E-state index >= 15 is 0 Å². The van der Waals surface area contributed by atoms with Crippen LogP contribution in [0.1, 0.15) is 13.3 Å². The van der Waals surface area contributed by atoms with Gasteiger partial charge < -0.3 is 25.8 Å². The highest BCUT2D eigenvalue weighted by Gasteiger charge is 2.27. The number of nitro benzene ring substituents is 1. The topological polar surface area (TPSA) is 177 Å². The van der Waals surface area contributed by atoms with Crippen LogP contribution in [0.4, 0.5) is 16.2 Å². The Balaban J connectivity index is 2.75. The number of nitrogens with one attached hydrogen (secondary N) is 3. The van der Waals surface area contributed by atoms with E-state index < -0.39 is 47.3 Å². The van der Waals surface area contributed by atoms with Crippen LogP contribution < -0.4 is 16.0 Å². The molecule has 1 rings (SSSR count). The highest BCUT2D eigenvalue weighted by Crippen LogP contribution is 2.15. The van der Waals surface area contributed by atoms with Crippen molar-refractivity contribution in [3.63, 3.8) is 0 Å². The molecule has 0 aliphatic heterocycles. The SMILES string of the molecule is COC(=O)C(C)NC(=O)C(CC(=O)O)NC(=O)Nc1ccc([N+](=O)[O-])cc1. The highest BCUT2D eigenvalue weighted by atomic mass is 16.6. The van der Waals surface area contributed by atoms with Crippen LogP contribution in [0.2, 0.25) is 0 Å². The summed E-state index contributed by atoms with van der Waals surface area (Å²) in [6.45, 7) is 1.33. The predicted molar refractivity (Wildman–Crippen MR) is 90.9 cm³/mol. The summed E-state index contributed by atoms with van der Waals surface area (Å²) in [4.78, 5) is 56.3. The number of rotatable bonds is 8. The third-order valence-corrected chi connectivity index (χ3v) is 3.25. The number of carbonyl (C=O) groups excluding carboxylic acids is 3. The van der Waals surface area contributed by atoms with Gasteiger partial charge in [-0.05, 0) is 19.1 Å². The van der Waals surface area contributed by atoms with Gasteiger partial charge in [0.1, 0.15) is 12.1 Å². The summed E-state index contributed by atoms with van der Waals surface area (Å²) < 4.78 is 4.44. The number of nitro groups is 1. The minimum atomic E-state index is -1.47. The number of aliphatic carboxylic acids is 1. The second kappa shape index (κ2) is 9.70. The lowest BCUT2D eigenvalue weighted by Crippen LogP contribution is -2.52. The Hall–Kier alpha value is -3.70. The van der Waals surface area contributed by atoms with Crippen molar-refractivity contribution >= 4 is 35.3 Å². The zero-order chi connectivity index (χ0) is 20.6. The number of anilines is 1. The molecule has 27 heavy (non-hydrogen) atoms. The largest absolute Gasteiger partial charge is 0.481 e. The molecule has 12 heteroatoms. The quantitative estimate of drug-likeness (QED) is 0.280. The molecule has 0 aromatic heterocycles. The number of non-ortho nitro benzene ring substituents is 1. The zero-order valence-corrected chi connectivity index (χ0v) is 14.4. The molecule has 2 unspecified atom stereocenters. The third kappa shape index (κ3) is 6.97. The smallest absolute Gasteiger partial charge is 0.328 e. The van der Waals surface area contributed by atoms with Crippen LogP contribution in [0.15, 0.2) is 24.3 Å². The van der Waals surface area contributed by atoms with E-state index in [0.29, 0.717) is 0 Å². The van der Waals surface area contributed by atoms with Crippen LogP contribution in [-0.2, 0) is 19.1 Å². The Labute approximate surface area is 153 Å². The van der Waals surface area contributed by atoms with E-state index in [1.165, 1.54) is 19.1 Å². The summed E-state index contributed by atoms with van der Waals surface area (Å²) in [5.41, 5.74) is 0.0106. The summed E-state index contributed by atoms with van der Waals surface area (Å²) in [5.74, 6) is -2.99. The second-order valence-electron chi connectivity index (χ2n) is 5.31. The van der Waals surface area contributed by atoms with Crippen molar-refractivity contribution in [2.45, 2.75) is 25.4 Å². The first-order valence-corrected chi connectivity index (χ1v) is 7.56. The molecular weight excluding hydrogens is 364 g/mol. The van der Waals surface area contributed by atoms with Gasteiger partial charge in [-0.25, -0.2) is 9.59 Å². The molecule has 3 amide bonds. The molecule has 0 fully saturated rings. The normalized spacial score (nSPS) is 12.2. The summed E-state index contributed by atoms with van der Waals surface area (Å²) in [7, 11) is 1.12. The molecule has 2 atom stereocenters. The van der Waals surface area contributed by atoms with Crippen LogP contribution in [0.5, 0.6) is 0 Å². The number of carboxylic acids is 1. The zero-order valence-electron chi connectivity index (χ0n) is 14.4. The minimum Gasteiger partial charge on any atom is -0.481 e. The number of methoxy groups -OCH3 is 1. The van der Waals surface area contributed by atoms with Gasteiger partial charge in [0.2, 0.25) is 5.91 Å². The Kier molecular flexibility index (Phi) is 7.67. The van der Waals surface area contributed by atoms with E-state index in [1.807, 2.05) is 0 Å². The van der Waals surface area contributed by atoms with Gasteiger partial charge in [0.25, 0.3) is 5.69 Å². The van der Waals surface area contributed by atoms with Gasteiger partial charge >= 0.3 is 18.0 Å². The molecule has 0 radical (unpaired) electrons. The number of benzene rings is 1. The van der Waals surface area contributed by atoms with E-state index in [-0.39, 0.29) is 11.4 Å². The van der Waals surface area contributed by atoms with Crippen molar-refractivity contribution < 1.29 is 33.9 Å². The molecule has 146 valence electrons. The fraction of sp³-hybridized carbons (Fsp3) is 0.333. The fourth-order valence-corrected chi connectivity index (χ4v) is 1.93. The minimum absolute atomic E-state index is 0.180. The maximum Gasteiger partial charge on any atom is 0.328 e. The molecule has 4 N–H and O–H groups in total. The molecule has 0 saturated heterocycles. The summed E-state index contributed by atoms with van der Waals surface area (Å²) in [5, 5.41) is 26.2. The predicted octanol–water partition coefficient (Wildman–Crippen LogP) is 0.237. The molecule has 1 aromatic carbocycles. The van der Waals surface area contributed by atoms with Gasteiger partial charge in [-0.1, -0.05) is 0 Å². The van der Waals surface area contributed by atoms with E-state index in [4.69, 9.17) is 5.11 Å². The summed E-state index contributed by atoms with van der Waals surface area (Å²) in [6.07, 6.45) is -0.729. The van der Waals surface area contributed by atoms with Crippen LogP contribution in [0.3, 0.4) is 0 Å². The van der Waals surface area contributed by atoms with Crippen molar-refractivity contribution in [1.29, 1.82) is 0 Å². The molecular formula is C15H18N4O8. The average Bonchev–Trinajstić information content (AvgIpc) is 2.60. The Morgan fingerprint density at radius 2 is 1.78 bits per heavy atom. The van der Waals surface area contributed by atoms with E-state index in [2.05, 4.69) is 20.7 Å². The van der Waals surface area contributed by atoms with Gasteiger partial charge in [-0.15, -0.1) is 0 Å². The Morgan fingerprint density at radius 3 is 2.26 bits per heavy atom. The number of esters is 1. The standard InChI is InChI=1S/C15H18N4O8/c1-8(14(23)27-2)16-13(22)11(7-12(20)21)18-15(24)17-9-3-5-10(6-4-9)19(25)26/h3-6,8,11H,7H2,1-2H3,(H,16,22)(H,20,21)(H2,17,18,24). The van der Waals surface area contributed by atoms with E-state index in [1.54, 1.807) is 0 Å². The van der Waals surface area contributed by atoms with E-state index in [0.717, 1.165) is 19.2 Å². The van der Waals surface area contributed by atoms with Crippen molar-refractivity contribution in [2.24, 2.45) is 0 Å². The van der Waals surface area contributed by atoms with Crippen molar-refractivity contribution in [3.8, 4) is 0 Å². The molecule has 0 saturated carbocycles. The number of hydrogen-bond donors (Lipinski definition) is 4. The molecule has 0 aliphatic carbocycles. The van der Waals surface area contributed by atoms with Crippen LogP contribution >= 0.6 is 0 Å². The van der Waals surface area contributed by atoms with Gasteiger partial charge in [0.15, 0.2) is 0 Å². The number of ether oxygens (including phenoxy) is 1. The van der Waals surface area contributed by atoms with Crippen molar-refractivity contribution in [2.75, 3.05) is 12.4 Å². The number of urea groups is 1. The van der Waals surface area contributed by atoms with Gasteiger partial charge in [0.05, 0.1) is 18.5 Å². The molecule has 0 heterocycles. The first-order valence-electron chi connectivity index (χ1n) is 7.56. The van der Waals surface area contributed by atoms with Crippen molar-refractivity contribution in [3.05, 3.63) is 34.4 Å². The fourth-order valence-electron chi connectivity index (χ4n) is 1.93. The Morgan fingerprint density at radius 1 is 1.19 bits per heavy atom. The second-order valence-corrected chi connectivity index (χ2v) is 5.31. The summed E-state index contributed by atoms with van der Waals surface area (Å²) in [6, 6.07) is 1.44. The lowest BCUT2D eigenvalue weighted by atomic mass is 10.2. The average molecular weight is 382 g/mol. The van der Waals surface area contributed by atoms with Crippen LogP contribution in [-0.4, -0.2) is 53.1 Å². The highest BCUT2D eigenvalue weighted by molar-refractivity contribution is 5.96.